The first-order chi connectivity index (χ1) is 9.02. The summed E-state index contributed by atoms with van der Waals surface area (Å²) in [6.07, 6.45) is 2.93. The van der Waals surface area contributed by atoms with Crippen LogP contribution in [0.2, 0.25) is 0 Å². The first kappa shape index (κ1) is 14.8. The van der Waals surface area contributed by atoms with Gasteiger partial charge in [-0.15, -0.1) is 0 Å². The largest absolute Gasteiger partial charge is 0.480 e. The van der Waals surface area contributed by atoms with Gasteiger partial charge in [0.1, 0.15) is 12.4 Å². The van der Waals surface area contributed by atoms with Crippen LogP contribution in [0.1, 0.15) is 6.42 Å². The molecule has 1 aliphatic heterocycles. The summed E-state index contributed by atoms with van der Waals surface area (Å²) < 4.78 is 0. The quantitative estimate of drug-likeness (QED) is 0.403. The van der Waals surface area contributed by atoms with Crippen molar-refractivity contribution in [1.82, 2.24) is 10.6 Å². The number of carboxylic acids is 1. The standard InChI is InChI=1S/C10H15N5O4/c11-2-8(16)13-4-9(17)15-7(10(18)19)1-6-3-12-5-14-6/h3,5-7H,1-2,4,11H2,(H,13,16)(H,15,17)(H,18,19)/t6-,7-/m1/s1. The molecule has 0 saturated carbocycles. The number of rotatable bonds is 7. The van der Waals surface area contributed by atoms with Crippen LogP contribution in [0.25, 0.3) is 0 Å². The number of nitrogens with zero attached hydrogens (tertiary/aromatic N) is 2. The molecule has 0 spiro atoms. The third-order valence-corrected chi connectivity index (χ3v) is 2.32. The average Bonchev–Trinajstić information content (AvgIpc) is 2.87. The van der Waals surface area contributed by atoms with Gasteiger partial charge in [0.2, 0.25) is 11.8 Å². The second-order valence-corrected chi connectivity index (χ2v) is 3.80. The molecule has 9 heteroatoms. The monoisotopic (exact) mass is 269 g/mol. The zero-order valence-corrected chi connectivity index (χ0v) is 10.1. The number of hydrogen-bond donors (Lipinski definition) is 4. The van der Waals surface area contributed by atoms with Crippen molar-refractivity contribution in [3.8, 4) is 0 Å². The molecular weight excluding hydrogens is 254 g/mol. The summed E-state index contributed by atoms with van der Waals surface area (Å²) in [5.41, 5.74) is 5.05. The molecule has 0 saturated heterocycles. The number of carboxylic acid groups (broad SMARTS) is 1. The number of nitrogens with one attached hydrogen (secondary N) is 2. The summed E-state index contributed by atoms with van der Waals surface area (Å²) in [5, 5.41) is 13.5. The van der Waals surface area contributed by atoms with Crippen LogP contribution in [0.3, 0.4) is 0 Å². The van der Waals surface area contributed by atoms with E-state index in [1.807, 2.05) is 0 Å². The summed E-state index contributed by atoms with van der Waals surface area (Å²) in [5.74, 6) is -2.27. The molecule has 1 aliphatic rings. The minimum atomic E-state index is -1.17. The SMILES string of the molecule is NCC(=O)NCC(=O)N[C@H](C[C@@H]1C=NC=N1)C(=O)O. The van der Waals surface area contributed by atoms with Crippen LogP contribution in [0.5, 0.6) is 0 Å². The van der Waals surface area contributed by atoms with Crippen LogP contribution >= 0.6 is 0 Å². The molecule has 9 nitrogen and oxygen atoms in total. The Labute approximate surface area is 109 Å². The predicted octanol–water partition coefficient (Wildman–Crippen LogP) is -2.50. The molecule has 0 bridgehead atoms. The molecule has 0 fully saturated rings. The average molecular weight is 269 g/mol. The van der Waals surface area contributed by atoms with E-state index >= 15 is 0 Å². The van der Waals surface area contributed by atoms with Crippen LogP contribution in [-0.2, 0) is 14.4 Å². The molecule has 19 heavy (non-hydrogen) atoms. The number of carbonyl (C=O) groups excluding carboxylic acids is 2. The van der Waals surface area contributed by atoms with Gasteiger partial charge in [-0.3, -0.25) is 14.6 Å². The van der Waals surface area contributed by atoms with E-state index in [4.69, 9.17) is 10.8 Å². The molecule has 0 aromatic heterocycles. The van der Waals surface area contributed by atoms with Gasteiger partial charge in [0.05, 0.1) is 19.1 Å². The van der Waals surface area contributed by atoms with Gasteiger partial charge in [-0.05, 0) is 0 Å². The summed E-state index contributed by atoms with van der Waals surface area (Å²) in [7, 11) is 0. The second kappa shape index (κ2) is 7.21. The highest BCUT2D eigenvalue weighted by molar-refractivity contribution is 5.89. The molecule has 1 rings (SSSR count). The Morgan fingerprint density at radius 2 is 2.11 bits per heavy atom. The van der Waals surface area contributed by atoms with Crippen LogP contribution in [0, 0.1) is 0 Å². The fourth-order valence-electron chi connectivity index (χ4n) is 1.38. The van der Waals surface area contributed by atoms with E-state index in [0.29, 0.717) is 0 Å². The minimum absolute atomic E-state index is 0.103. The van der Waals surface area contributed by atoms with E-state index in [-0.39, 0.29) is 25.6 Å². The Morgan fingerprint density at radius 3 is 2.63 bits per heavy atom. The first-order valence-electron chi connectivity index (χ1n) is 5.56. The highest BCUT2D eigenvalue weighted by Crippen LogP contribution is 2.04. The van der Waals surface area contributed by atoms with Gasteiger partial charge >= 0.3 is 5.97 Å². The molecule has 0 aromatic rings. The van der Waals surface area contributed by atoms with Gasteiger partial charge in [-0.1, -0.05) is 0 Å². The Bertz CT molecular complexity index is 408. The first-order valence-corrected chi connectivity index (χ1v) is 5.56. The zero-order valence-electron chi connectivity index (χ0n) is 10.1. The van der Waals surface area contributed by atoms with Gasteiger partial charge in [-0.25, -0.2) is 9.79 Å². The lowest BCUT2D eigenvalue weighted by atomic mass is 10.1. The van der Waals surface area contributed by atoms with Gasteiger partial charge < -0.3 is 21.5 Å². The van der Waals surface area contributed by atoms with E-state index in [1.54, 1.807) is 0 Å². The summed E-state index contributed by atoms with van der Waals surface area (Å²) in [4.78, 5) is 40.9. The lowest BCUT2D eigenvalue weighted by molar-refractivity contribution is -0.141. The number of hydrogen-bond acceptors (Lipinski definition) is 6. The highest BCUT2D eigenvalue weighted by Gasteiger charge is 2.24. The Kier molecular flexibility index (Phi) is 5.61. The molecule has 0 aromatic carbocycles. The Balaban J connectivity index is 2.42. The number of aliphatic imine (C=N–C) groups is 2. The van der Waals surface area contributed by atoms with E-state index in [2.05, 4.69) is 20.6 Å². The molecule has 2 amide bonds. The smallest absolute Gasteiger partial charge is 0.326 e. The number of nitrogens with two attached hydrogens (primary N) is 1. The van der Waals surface area contributed by atoms with Crippen molar-refractivity contribution in [3.63, 3.8) is 0 Å². The van der Waals surface area contributed by atoms with E-state index in [9.17, 15) is 14.4 Å². The topological polar surface area (TPSA) is 146 Å². The zero-order chi connectivity index (χ0) is 14.3. The molecule has 2 atom stereocenters. The van der Waals surface area contributed by atoms with Crippen molar-refractivity contribution in [3.05, 3.63) is 0 Å². The summed E-state index contributed by atoms with van der Waals surface area (Å²) in [6.45, 7) is -0.551. The summed E-state index contributed by atoms with van der Waals surface area (Å²) in [6, 6.07) is -1.45. The van der Waals surface area contributed by atoms with Gasteiger partial charge in [0.25, 0.3) is 0 Å². The molecule has 5 N–H and O–H groups in total. The highest BCUT2D eigenvalue weighted by atomic mass is 16.4. The van der Waals surface area contributed by atoms with Crippen molar-refractivity contribution in [2.24, 2.45) is 15.7 Å². The van der Waals surface area contributed by atoms with Crippen molar-refractivity contribution in [1.29, 1.82) is 0 Å². The molecule has 0 aliphatic carbocycles. The Morgan fingerprint density at radius 1 is 1.37 bits per heavy atom. The second-order valence-electron chi connectivity index (χ2n) is 3.80. The number of amides is 2. The van der Waals surface area contributed by atoms with E-state index < -0.39 is 23.8 Å². The summed E-state index contributed by atoms with van der Waals surface area (Å²) >= 11 is 0. The third kappa shape index (κ3) is 5.25. The lowest BCUT2D eigenvalue weighted by Crippen LogP contribution is -2.47. The maximum absolute atomic E-state index is 11.5. The van der Waals surface area contributed by atoms with Gasteiger partial charge in [-0.2, -0.15) is 0 Å². The number of carbonyl (C=O) groups is 3. The van der Waals surface area contributed by atoms with Crippen LogP contribution in [0.4, 0.5) is 0 Å². The van der Waals surface area contributed by atoms with Crippen molar-refractivity contribution >= 4 is 30.3 Å². The van der Waals surface area contributed by atoms with Crippen molar-refractivity contribution in [2.75, 3.05) is 13.1 Å². The Hall–Kier alpha value is -2.29. The molecular formula is C10H15N5O4. The predicted molar refractivity (Wildman–Crippen MR) is 67.0 cm³/mol. The minimum Gasteiger partial charge on any atom is -0.480 e. The molecule has 1 heterocycles. The number of aliphatic carboxylic acids is 1. The van der Waals surface area contributed by atoms with Crippen molar-refractivity contribution in [2.45, 2.75) is 18.5 Å². The maximum Gasteiger partial charge on any atom is 0.326 e. The molecule has 0 radical (unpaired) electrons. The third-order valence-electron chi connectivity index (χ3n) is 2.32. The maximum atomic E-state index is 11.5. The van der Waals surface area contributed by atoms with Crippen LogP contribution in [0.15, 0.2) is 9.98 Å². The van der Waals surface area contributed by atoms with E-state index in [0.717, 1.165) is 0 Å². The van der Waals surface area contributed by atoms with Crippen LogP contribution in [-0.4, -0.2) is 60.6 Å². The molecule has 0 unspecified atom stereocenters. The normalized spacial score (nSPS) is 18.1. The fraction of sp³-hybridized carbons (Fsp3) is 0.500. The van der Waals surface area contributed by atoms with Gasteiger partial charge in [0.15, 0.2) is 0 Å². The van der Waals surface area contributed by atoms with Crippen LogP contribution < -0.4 is 16.4 Å². The lowest BCUT2D eigenvalue weighted by Gasteiger charge is -2.15. The van der Waals surface area contributed by atoms with Gasteiger partial charge in [0, 0.05) is 12.6 Å². The van der Waals surface area contributed by atoms with Crippen molar-refractivity contribution < 1.29 is 19.5 Å². The fourth-order valence-corrected chi connectivity index (χ4v) is 1.38. The molecule has 104 valence electrons. The van der Waals surface area contributed by atoms with E-state index in [1.165, 1.54) is 12.6 Å².